The second-order valence-corrected chi connectivity index (χ2v) is 3.25. The molecule has 0 saturated carbocycles. The lowest BCUT2D eigenvalue weighted by Crippen LogP contribution is -2.42. The van der Waals surface area contributed by atoms with Crippen LogP contribution in [0.4, 0.5) is 0 Å². The first-order valence-electron chi connectivity index (χ1n) is 4.32. The summed E-state index contributed by atoms with van der Waals surface area (Å²) in [5.74, 6) is 0. The van der Waals surface area contributed by atoms with Gasteiger partial charge in [-0.05, 0) is 18.1 Å². The molecule has 0 heterocycles. The predicted octanol–water partition coefficient (Wildman–Crippen LogP) is 0.100. The monoisotopic (exact) mass is 180 g/mol. The van der Waals surface area contributed by atoms with Gasteiger partial charge in [-0.15, -0.1) is 0 Å². The second kappa shape index (κ2) is 3.87. The molecule has 0 unspecified atom stereocenters. The zero-order valence-corrected chi connectivity index (χ0v) is 7.83. The summed E-state index contributed by atoms with van der Waals surface area (Å²) in [4.78, 5) is 0. The number of aliphatic hydroxyl groups is 1. The third kappa shape index (κ3) is 1.88. The highest BCUT2D eigenvalue weighted by molar-refractivity contribution is 5.31. The van der Waals surface area contributed by atoms with Crippen LogP contribution in [0.2, 0.25) is 0 Å². The smallest absolute Gasteiger partial charge is 0.114 e. The minimum atomic E-state index is -1.08. The van der Waals surface area contributed by atoms with Crippen molar-refractivity contribution in [3.8, 4) is 0 Å². The van der Waals surface area contributed by atoms with Crippen molar-refractivity contribution in [2.45, 2.75) is 12.5 Å². The standard InChI is InChI=1S/C10H16N2O/c1-8-4-2-3-5-9(8)10(13,6-11)7-12/h2-5,13H,6-7,11-12H2,1H3. The molecule has 3 heteroatoms. The molecule has 1 rings (SSSR count). The van der Waals surface area contributed by atoms with E-state index in [-0.39, 0.29) is 13.1 Å². The lowest BCUT2D eigenvalue weighted by molar-refractivity contribution is 0.0548. The van der Waals surface area contributed by atoms with Gasteiger partial charge in [0, 0.05) is 13.1 Å². The van der Waals surface area contributed by atoms with Crippen LogP contribution in [0.25, 0.3) is 0 Å². The molecule has 0 aliphatic carbocycles. The molecule has 0 radical (unpaired) electrons. The lowest BCUT2D eigenvalue weighted by atomic mass is 9.90. The minimum absolute atomic E-state index is 0.147. The van der Waals surface area contributed by atoms with Crippen molar-refractivity contribution < 1.29 is 5.11 Å². The zero-order valence-electron chi connectivity index (χ0n) is 7.83. The molecular formula is C10H16N2O. The van der Waals surface area contributed by atoms with Crippen LogP contribution >= 0.6 is 0 Å². The molecule has 72 valence electrons. The van der Waals surface area contributed by atoms with E-state index in [1.807, 2.05) is 31.2 Å². The fourth-order valence-electron chi connectivity index (χ4n) is 1.40. The van der Waals surface area contributed by atoms with Gasteiger partial charge >= 0.3 is 0 Å². The molecular weight excluding hydrogens is 164 g/mol. The fraction of sp³-hybridized carbons (Fsp3) is 0.400. The molecule has 0 aromatic heterocycles. The Morgan fingerprint density at radius 1 is 1.23 bits per heavy atom. The molecule has 0 atom stereocenters. The van der Waals surface area contributed by atoms with E-state index in [2.05, 4.69) is 0 Å². The van der Waals surface area contributed by atoms with Gasteiger partial charge in [0.1, 0.15) is 5.60 Å². The van der Waals surface area contributed by atoms with Gasteiger partial charge in [-0.3, -0.25) is 0 Å². The summed E-state index contributed by atoms with van der Waals surface area (Å²) in [6, 6.07) is 7.59. The van der Waals surface area contributed by atoms with Crippen LogP contribution in [0, 0.1) is 6.92 Å². The van der Waals surface area contributed by atoms with Gasteiger partial charge in [-0.25, -0.2) is 0 Å². The SMILES string of the molecule is Cc1ccccc1C(O)(CN)CN. The van der Waals surface area contributed by atoms with Crippen LogP contribution in [0.5, 0.6) is 0 Å². The van der Waals surface area contributed by atoms with E-state index < -0.39 is 5.60 Å². The van der Waals surface area contributed by atoms with Gasteiger partial charge in [0.2, 0.25) is 0 Å². The van der Waals surface area contributed by atoms with Gasteiger partial charge in [0.25, 0.3) is 0 Å². The van der Waals surface area contributed by atoms with E-state index in [9.17, 15) is 5.11 Å². The van der Waals surface area contributed by atoms with Crippen molar-refractivity contribution in [2.24, 2.45) is 11.5 Å². The van der Waals surface area contributed by atoms with Gasteiger partial charge in [0.05, 0.1) is 0 Å². The third-order valence-electron chi connectivity index (χ3n) is 2.32. The number of benzene rings is 1. The normalized spacial score (nSPS) is 11.7. The fourth-order valence-corrected chi connectivity index (χ4v) is 1.40. The molecule has 0 spiro atoms. The highest BCUT2D eigenvalue weighted by Gasteiger charge is 2.26. The maximum Gasteiger partial charge on any atom is 0.114 e. The molecule has 0 amide bonds. The summed E-state index contributed by atoms with van der Waals surface area (Å²) in [5, 5.41) is 10.0. The van der Waals surface area contributed by atoms with Gasteiger partial charge in [-0.1, -0.05) is 24.3 Å². The predicted molar refractivity (Wildman–Crippen MR) is 53.2 cm³/mol. The molecule has 0 aliphatic heterocycles. The summed E-state index contributed by atoms with van der Waals surface area (Å²) < 4.78 is 0. The summed E-state index contributed by atoms with van der Waals surface area (Å²) in [6.07, 6.45) is 0. The Kier molecular flexibility index (Phi) is 3.03. The van der Waals surface area contributed by atoms with Crippen molar-refractivity contribution in [1.29, 1.82) is 0 Å². The largest absolute Gasteiger partial charge is 0.382 e. The molecule has 5 N–H and O–H groups in total. The van der Waals surface area contributed by atoms with E-state index in [0.717, 1.165) is 11.1 Å². The van der Waals surface area contributed by atoms with Gasteiger partial charge in [0.15, 0.2) is 0 Å². The molecule has 0 bridgehead atoms. The van der Waals surface area contributed by atoms with Crippen molar-refractivity contribution >= 4 is 0 Å². The second-order valence-electron chi connectivity index (χ2n) is 3.25. The van der Waals surface area contributed by atoms with Crippen LogP contribution in [-0.4, -0.2) is 18.2 Å². The Morgan fingerprint density at radius 3 is 2.23 bits per heavy atom. The number of aryl methyl sites for hydroxylation is 1. The number of hydrogen-bond acceptors (Lipinski definition) is 3. The quantitative estimate of drug-likeness (QED) is 0.617. The summed E-state index contributed by atoms with van der Waals surface area (Å²) in [5.41, 5.74) is 11.7. The average Bonchev–Trinajstić information content (AvgIpc) is 2.17. The van der Waals surface area contributed by atoms with Crippen molar-refractivity contribution in [3.63, 3.8) is 0 Å². The molecule has 0 fully saturated rings. The number of hydrogen-bond donors (Lipinski definition) is 3. The average molecular weight is 180 g/mol. The van der Waals surface area contributed by atoms with Crippen LogP contribution in [0.1, 0.15) is 11.1 Å². The van der Waals surface area contributed by atoms with Crippen molar-refractivity contribution in [1.82, 2.24) is 0 Å². The van der Waals surface area contributed by atoms with E-state index in [0.29, 0.717) is 0 Å². The lowest BCUT2D eigenvalue weighted by Gasteiger charge is -2.26. The first-order valence-corrected chi connectivity index (χ1v) is 4.32. The van der Waals surface area contributed by atoms with Gasteiger partial charge < -0.3 is 16.6 Å². The molecule has 0 saturated heterocycles. The van der Waals surface area contributed by atoms with E-state index >= 15 is 0 Å². The van der Waals surface area contributed by atoms with Crippen LogP contribution in [0.15, 0.2) is 24.3 Å². The Labute approximate surface area is 78.4 Å². The Morgan fingerprint density at radius 2 is 1.77 bits per heavy atom. The third-order valence-corrected chi connectivity index (χ3v) is 2.32. The molecule has 0 aliphatic rings. The summed E-state index contributed by atoms with van der Waals surface area (Å²) in [7, 11) is 0. The van der Waals surface area contributed by atoms with E-state index in [4.69, 9.17) is 11.5 Å². The highest BCUT2D eigenvalue weighted by atomic mass is 16.3. The van der Waals surface area contributed by atoms with Crippen molar-refractivity contribution in [3.05, 3.63) is 35.4 Å². The number of rotatable bonds is 3. The maximum absolute atomic E-state index is 10.0. The molecule has 3 nitrogen and oxygen atoms in total. The van der Waals surface area contributed by atoms with E-state index in [1.165, 1.54) is 0 Å². The highest BCUT2D eigenvalue weighted by Crippen LogP contribution is 2.21. The van der Waals surface area contributed by atoms with E-state index in [1.54, 1.807) is 0 Å². The van der Waals surface area contributed by atoms with Crippen LogP contribution < -0.4 is 11.5 Å². The topological polar surface area (TPSA) is 72.3 Å². The summed E-state index contributed by atoms with van der Waals surface area (Å²) >= 11 is 0. The first kappa shape index (κ1) is 10.2. The minimum Gasteiger partial charge on any atom is -0.382 e. The maximum atomic E-state index is 10.0. The Hall–Kier alpha value is -0.900. The first-order chi connectivity index (χ1) is 6.14. The van der Waals surface area contributed by atoms with Crippen molar-refractivity contribution in [2.75, 3.05) is 13.1 Å². The molecule has 1 aromatic rings. The summed E-state index contributed by atoms with van der Waals surface area (Å²) in [6.45, 7) is 2.23. The number of nitrogens with two attached hydrogens (primary N) is 2. The van der Waals surface area contributed by atoms with Crippen LogP contribution in [0.3, 0.4) is 0 Å². The van der Waals surface area contributed by atoms with Gasteiger partial charge in [-0.2, -0.15) is 0 Å². The Balaban J connectivity index is 3.12. The Bertz CT molecular complexity index is 282. The van der Waals surface area contributed by atoms with Crippen LogP contribution in [-0.2, 0) is 5.60 Å². The zero-order chi connectivity index (χ0) is 9.90. The molecule has 1 aromatic carbocycles. The molecule has 13 heavy (non-hydrogen) atoms.